The molecule has 1 aliphatic heterocycles. The maximum atomic E-state index is 5.81. The Morgan fingerprint density at radius 1 is 1.14 bits per heavy atom. The number of anilines is 3. The zero-order chi connectivity index (χ0) is 15.1. The lowest BCUT2D eigenvalue weighted by molar-refractivity contribution is 0.591. The molecule has 0 amide bonds. The van der Waals surface area contributed by atoms with Crippen LogP contribution < -0.4 is 16.0 Å². The van der Waals surface area contributed by atoms with Crippen LogP contribution in [0, 0.1) is 0 Å². The molecule has 21 heavy (non-hydrogen) atoms. The van der Waals surface area contributed by atoms with E-state index in [2.05, 4.69) is 39.0 Å². The topological polar surface area (TPSA) is 80.0 Å². The molecule has 2 rings (SSSR count). The van der Waals surface area contributed by atoms with Crippen molar-refractivity contribution in [1.29, 1.82) is 0 Å². The molecule has 1 fully saturated rings. The second-order valence-corrected chi connectivity index (χ2v) is 5.91. The van der Waals surface area contributed by atoms with Gasteiger partial charge in [-0.2, -0.15) is 15.0 Å². The highest BCUT2D eigenvalue weighted by Gasteiger charge is 2.17. The first-order chi connectivity index (χ1) is 10.2. The maximum Gasteiger partial charge on any atom is 0.231 e. The summed E-state index contributed by atoms with van der Waals surface area (Å²) in [5, 5.41) is 3.35. The van der Waals surface area contributed by atoms with Crippen LogP contribution in [0.15, 0.2) is 0 Å². The van der Waals surface area contributed by atoms with Gasteiger partial charge in [-0.15, -0.1) is 0 Å². The highest BCUT2D eigenvalue weighted by molar-refractivity contribution is 5.42. The van der Waals surface area contributed by atoms with Gasteiger partial charge in [0.2, 0.25) is 17.8 Å². The van der Waals surface area contributed by atoms with Crippen molar-refractivity contribution in [2.24, 2.45) is 0 Å². The molecule has 1 aromatic rings. The maximum absolute atomic E-state index is 5.81. The van der Waals surface area contributed by atoms with E-state index < -0.39 is 0 Å². The third-order valence-corrected chi connectivity index (χ3v) is 3.90. The molecule has 1 atom stereocenters. The molecule has 0 radical (unpaired) electrons. The molecule has 1 aromatic heterocycles. The molecular weight excluding hydrogens is 264 g/mol. The monoisotopic (exact) mass is 292 g/mol. The van der Waals surface area contributed by atoms with Crippen molar-refractivity contribution in [3.63, 3.8) is 0 Å². The lowest BCUT2D eigenvalue weighted by Gasteiger charge is -2.18. The number of aromatic nitrogens is 3. The van der Waals surface area contributed by atoms with E-state index in [-0.39, 0.29) is 0 Å². The quantitative estimate of drug-likeness (QED) is 0.717. The Kier molecular flexibility index (Phi) is 6.02. The Morgan fingerprint density at radius 3 is 2.62 bits per heavy atom. The number of nitrogens with zero attached hydrogens (tertiary/aromatic N) is 4. The lowest BCUT2D eigenvalue weighted by Crippen LogP contribution is -2.23. The largest absolute Gasteiger partial charge is 0.368 e. The normalized spacial score (nSPS) is 16.2. The van der Waals surface area contributed by atoms with Crippen LogP contribution in [0.3, 0.4) is 0 Å². The molecule has 0 aliphatic carbocycles. The smallest absolute Gasteiger partial charge is 0.231 e. The van der Waals surface area contributed by atoms with E-state index in [0.717, 1.165) is 19.5 Å². The number of nitrogen functional groups attached to an aromatic ring is 1. The second-order valence-electron chi connectivity index (χ2n) is 5.91. The van der Waals surface area contributed by atoms with Crippen molar-refractivity contribution in [1.82, 2.24) is 15.0 Å². The summed E-state index contributed by atoms with van der Waals surface area (Å²) in [6, 6.07) is 0.357. The number of rotatable bonds is 8. The van der Waals surface area contributed by atoms with Gasteiger partial charge < -0.3 is 16.0 Å². The Labute approximate surface area is 127 Å². The summed E-state index contributed by atoms with van der Waals surface area (Å²) in [7, 11) is 0. The third-order valence-electron chi connectivity index (χ3n) is 3.90. The molecule has 2 heterocycles. The van der Waals surface area contributed by atoms with Gasteiger partial charge in [0.15, 0.2) is 0 Å². The standard InChI is InChI=1S/C15H28N6/c1-3-4-5-6-9-12(2)17-14-18-13(16)19-15(20-14)21-10-7-8-11-21/h12H,3-11H2,1-2H3,(H3,16,17,18,19,20). The van der Waals surface area contributed by atoms with Crippen LogP contribution in [0.2, 0.25) is 0 Å². The fourth-order valence-electron chi connectivity index (χ4n) is 2.67. The minimum atomic E-state index is 0.299. The van der Waals surface area contributed by atoms with Gasteiger partial charge in [0.25, 0.3) is 0 Å². The number of unbranched alkanes of at least 4 members (excludes halogenated alkanes) is 3. The van der Waals surface area contributed by atoms with Gasteiger partial charge in [-0.3, -0.25) is 0 Å². The SMILES string of the molecule is CCCCCCC(C)Nc1nc(N)nc(N2CCCC2)n1. The number of nitrogens with one attached hydrogen (secondary N) is 1. The number of nitrogens with two attached hydrogens (primary N) is 1. The predicted molar refractivity (Wildman–Crippen MR) is 87.5 cm³/mol. The van der Waals surface area contributed by atoms with E-state index in [4.69, 9.17) is 5.73 Å². The van der Waals surface area contributed by atoms with Gasteiger partial charge in [0.1, 0.15) is 0 Å². The van der Waals surface area contributed by atoms with Crippen LogP contribution in [-0.2, 0) is 0 Å². The van der Waals surface area contributed by atoms with Crippen LogP contribution in [0.1, 0.15) is 58.8 Å². The van der Waals surface area contributed by atoms with Crippen molar-refractivity contribution in [2.75, 3.05) is 29.0 Å². The highest BCUT2D eigenvalue weighted by atomic mass is 15.3. The van der Waals surface area contributed by atoms with Gasteiger partial charge in [0, 0.05) is 19.1 Å². The van der Waals surface area contributed by atoms with Gasteiger partial charge in [-0.1, -0.05) is 32.6 Å². The summed E-state index contributed by atoms with van der Waals surface area (Å²) in [5.74, 6) is 1.61. The summed E-state index contributed by atoms with van der Waals surface area (Å²) in [4.78, 5) is 15.1. The molecule has 3 N–H and O–H groups in total. The fraction of sp³-hybridized carbons (Fsp3) is 0.800. The predicted octanol–water partition coefficient (Wildman–Crippen LogP) is 2.82. The number of hydrogen-bond donors (Lipinski definition) is 2. The Morgan fingerprint density at radius 2 is 1.90 bits per heavy atom. The molecule has 118 valence electrons. The first-order valence-corrected chi connectivity index (χ1v) is 8.22. The third kappa shape index (κ3) is 5.02. The first-order valence-electron chi connectivity index (χ1n) is 8.22. The molecule has 0 aromatic carbocycles. The molecule has 0 saturated carbocycles. The van der Waals surface area contributed by atoms with E-state index in [0.29, 0.717) is 23.9 Å². The summed E-state index contributed by atoms with van der Waals surface area (Å²) < 4.78 is 0. The van der Waals surface area contributed by atoms with E-state index in [1.165, 1.54) is 38.5 Å². The van der Waals surface area contributed by atoms with E-state index in [1.54, 1.807) is 0 Å². The van der Waals surface area contributed by atoms with Gasteiger partial charge >= 0.3 is 0 Å². The summed E-state index contributed by atoms with van der Waals surface area (Å²) >= 11 is 0. The van der Waals surface area contributed by atoms with Crippen LogP contribution in [0.25, 0.3) is 0 Å². The van der Waals surface area contributed by atoms with E-state index in [1.807, 2.05) is 0 Å². The molecule has 0 spiro atoms. The Hall–Kier alpha value is -1.59. The summed E-state index contributed by atoms with van der Waals surface area (Å²) in [6.07, 6.45) is 8.63. The van der Waals surface area contributed by atoms with Crippen LogP contribution >= 0.6 is 0 Å². The minimum absolute atomic E-state index is 0.299. The highest BCUT2D eigenvalue weighted by Crippen LogP contribution is 2.18. The lowest BCUT2D eigenvalue weighted by atomic mass is 10.1. The molecule has 0 bridgehead atoms. The Balaban J connectivity index is 1.89. The van der Waals surface area contributed by atoms with Crippen LogP contribution in [-0.4, -0.2) is 34.1 Å². The molecular formula is C15H28N6. The summed E-state index contributed by atoms with van der Waals surface area (Å²) in [6.45, 7) is 6.42. The zero-order valence-corrected chi connectivity index (χ0v) is 13.3. The van der Waals surface area contributed by atoms with Crippen LogP contribution in [0.4, 0.5) is 17.8 Å². The average molecular weight is 292 g/mol. The molecule has 6 nitrogen and oxygen atoms in total. The van der Waals surface area contributed by atoms with Crippen molar-refractivity contribution >= 4 is 17.8 Å². The van der Waals surface area contributed by atoms with Crippen molar-refractivity contribution in [2.45, 2.75) is 64.8 Å². The molecule has 1 aliphatic rings. The molecule has 1 unspecified atom stereocenters. The minimum Gasteiger partial charge on any atom is -0.368 e. The van der Waals surface area contributed by atoms with Gasteiger partial charge in [0.05, 0.1) is 0 Å². The second kappa shape index (κ2) is 8.00. The number of hydrogen-bond acceptors (Lipinski definition) is 6. The van der Waals surface area contributed by atoms with Gasteiger partial charge in [-0.05, 0) is 26.2 Å². The van der Waals surface area contributed by atoms with Crippen LogP contribution in [0.5, 0.6) is 0 Å². The van der Waals surface area contributed by atoms with Crippen molar-refractivity contribution in [3.8, 4) is 0 Å². The van der Waals surface area contributed by atoms with E-state index in [9.17, 15) is 0 Å². The Bertz CT molecular complexity index is 430. The van der Waals surface area contributed by atoms with Crippen molar-refractivity contribution in [3.05, 3.63) is 0 Å². The summed E-state index contributed by atoms with van der Waals surface area (Å²) in [5.41, 5.74) is 5.81. The average Bonchev–Trinajstić information content (AvgIpc) is 2.97. The van der Waals surface area contributed by atoms with Gasteiger partial charge in [-0.25, -0.2) is 0 Å². The fourth-order valence-corrected chi connectivity index (χ4v) is 2.67. The van der Waals surface area contributed by atoms with Crippen molar-refractivity contribution < 1.29 is 0 Å². The van der Waals surface area contributed by atoms with E-state index >= 15 is 0 Å². The molecule has 6 heteroatoms. The first kappa shape index (κ1) is 15.8. The molecule has 1 saturated heterocycles. The zero-order valence-electron chi connectivity index (χ0n) is 13.3.